The third-order valence-corrected chi connectivity index (χ3v) is 12.2. The van der Waals surface area contributed by atoms with Crippen LogP contribution in [0.3, 0.4) is 0 Å². The molecule has 2 aliphatic rings. The van der Waals surface area contributed by atoms with Crippen molar-refractivity contribution in [2.24, 2.45) is 0 Å². The van der Waals surface area contributed by atoms with Gasteiger partial charge in [0.25, 0.3) is 0 Å². The number of rotatable bonds is 6. The molecule has 3 nitrogen and oxygen atoms in total. The molecule has 12 rings (SSSR count). The number of hydrogen-bond donors (Lipinski definition) is 0. The van der Waals surface area contributed by atoms with Crippen molar-refractivity contribution in [3.8, 4) is 22.3 Å². The first-order valence-electron chi connectivity index (χ1n) is 19.9. The van der Waals surface area contributed by atoms with Gasteiger partial charge in [0, 0.05) is 39.2 Å². The smallest absolute Gasteiger partial charge is 0.159 e. The Bertz CT molecular complexity index is 3150. The largest absolute Gasteiger partial charge is 0.454 e. The van der Waals surface area contributed by atoms with Crippen LogP contribution in [0.5, 0.6) is 0 Å². The molecule has 0 aliphatic heterocycles. The molecule has 3 heteroatoms. The maximum atomic E-state index is 6.69. The molecule has 0 saturated heterocycles. The lowest BCUT2D eigenvalue weighted by Crippen LogP contribution is -2.26. The van der Waals surface area contributed by atoms with Crippen LogP contribution < -0.4 is 9.80 Å². The first-order valence-corrected chi connectivity index (χ1v) is 19.9. The van der Waals surface area contributed by atoms with Crippen molar-refractivity contribution in [1.29, 1.82) is 0 Å². The second-order valence-corrected chi connectivity index (χ2v) is 15.2. The van der Waals surface area contributed by atoms with E-state index < -0.39 is 5.41 Å². The van der Waals surface area contributed by atoms with E-state index in [0.29, 0.717) is 0 Å². The van der Waals surface area contributed by atoms with Crippen LogP contribution in [0, 0.1) is 0 Å². The zero-order valence-electron chi connectivity index (χ0n) is 31.6. The van der Waals surface area contributed by atoms with Crippen molar-refractivity contribution in [3.05, 3.63) is 241 Å². The van der Waals surface area contributed by atoms with Gasteiger partial charge in [-0.1, -0.05) is 146 Å². The van der Waals surface area contributed by atoms with Crippen molar-refractivity contribution >= 4 is 56.1 Å². The summed E-state index contributed by atoms with van der Waals surface area (Å²) in [5, 5.41) is 2.22. The molecule has 1 spiro atoms. The van der Waals surface area contributed by atoms with Crippen molar-refractivity contribution in [2.75, 3.05) is 9.80 Å². The van der Waals surface area contributed by atoms with Gasteiger partial charge in [-0.3, -0.25) is 0 Å². The standard InChI is InChI=1S/C55H36N2O/c1-4-17-37(18-5-1)56(38-19-6-2-7-20-38)40-32-34-50-47(35-40)43-24-11-14-28-49(43)55(50)48-27-13-10-23-42(48)44-33-31-41(36-51(44)55)57(39-21-8-3-9-22-39)52-29-16-26-46-45-25-12-15-30-53(45)58-54(46)52/h1-36H. The first-order chi connectivity index (χ1) is 28.8. The average molecular weight is 741 g/mol. The molecule has 9 aromatic carbocycles. The lowest BCUT2D eigenvalue weighted by atomic mass is 9.70. The van der Waals surface area contributed by atoms with E-state index >= 15 is 0 Å². The zero-order valence-corrected chi connectivity index (χ0v) is 31.6. The van der Waals surface area contributed by atoms with Gasteiger partial charge in [0.2, 0.25) is 0 Å². The number of para-hydroxylation sites is 5. The summed E-state index contributed by atoms with van der Waals surface area (Å²) < 4.78 is 6.69. The Labute approximate surface area is 337 Å². The summed E-state index contributed by atoms with van der Waals surface area (Å²) >= 11 is 0. The summed E-state index contributed by atoms with van der Waals surface area (Å²) in [5.41, 5.74) is 18.0. The number of benzene rings is 9. The molecular weight excluding hydrogens is 705 g/mol. The molecule has 58 heavy (non-hydrogen) atoms. The number of anilines is 6. The molecule has 0 fully saturated rings. The predicted molar refractivity (Wildman–Crippen MR) is 239 cm³/mol. The first kappa shape index (κ1) is 32.6. The molecule has 1 atom stereocenters. The quantitative estimate of drug-likeness (QED) is 0.169. The van der Waals surface area contributed by atoms with Crippen LogP contribution in [-0.2, 0) is 5.41 Å². The summed E-state index contributed by atoms with van der Waals surface area (Å²) in [7, 11) is 0. The van der Waals surface area contributed by atoms with Gasteiger partial charge >= 0.3 is 0 Å². The zero-order chi connectivity index (χ0) is 38.2. The van der Waals surface area contributed by atoms with Gasteiger partial charge in [-0.25, -0.2) is 0 Å². The van der Waals surface area contributed by atoms with E-state index in [1.807, 2.05) is 6.07 Å². The Balaban J connectivity index is 1.11. The number of furan rings is 1. The highest BCUT2D eigenvalue weighted by Crippen LogP contribution is 2.64. The molecule has 2 aliphatic carbocycles. The van der Waals surface area contributed by atoms with E-state index in [-0.39, 0.29) is 0 Å². The summed E-state index contributed by atoms with van der Waals surface area (Å²) in [6.07, 6.45) is 0. The third-order valence-electron chi connectivity index (χ3n) is 12.2. The molecule has 0 saturated carbocycles. The Hall–Kier alpha value is -7.62. The van der Waals surface area contributed by atoms with Crippen LogP contribution in [0.15, 0.2) is 223 Å². The van der Waals surface area contributed by atoms with Crippen LogP contribution in [0.1, 0.15) is 22.3 Å². The lowest BCUT2D eigenvalue weighted by molar-refractivity contribution is 0.669. The van der Waals surface area contributed by atoms with Crippen LogP contribution in [0.2, 0.25) is 0 Å². The monoisotopic (exact) mass is 740 g/mol. The van der Waals surface area contributed by atoms with Crippen molar-refractivity contribution in [2.45, 2.75) is 5.41 Å². The molecule has 0 N–H and O–H groups in total. The molecule has 0 bridgehead atoms. The maximum absolute atomic E-state index is 6.69. The van der Waals surface area contributed by atoms with Crippen molar-refractivity contribution in [1.82, 2.24) is 0 Å². The summed E-state index contributed by atoms with van der Waals surface area (Å²) in [6, 6.07) is 79.1. The van der Waals surface area contributed by atoms with Crippen LogP contribution >= 0.6 is 0 Å². The Morgan fingerprint density at radius 2 is 0.810 bits per heavy atom. The molecule has 0 amide bonds. The van der Waals surface area contributed by atoms with Crippen LogP contribution in [0.25, 0.3) is 44.2 Å². The van der Waals surface area contributed by atoms with E-state index in [9.17, 15) is 0 Å². The highest BCUT2D eigenvalue weighted by atomic mass is 16.3. The molecule has 0 radical (unpaired) electrons. The minimum atomic E-state index is -0.523. The Morgan fingerprint density at radius 1 is 0.310 bits per heavy atom. The van der Waals surface area contributed by atoms with E-state index in [0.717, 1.165) is 56.1 Å². The van der Waals surface area contributed by atoms with Gasteiger partial charge in [-0.05, 0) is 117 Å². The second-order valence-electron chi connectivity index (χ2n) is 15.2. The van der Waals surface area contributed by atoms with Gasteiger partial charge in [-0.15, -0.1) is 0 Å². The average Bonchev–Trinajstić information content (AvgIpc) is 3.92. The molecule has 272 valence electrons. The number of nitrogens with zero attached hydrogens (tertiary/aromatic N) is 2. The normalized spacial score (nSPS) is 14.6. The summed E-state index contributed by atoms with van der Waals surface area (Å²) in [6.45, 7) is 0. The highest BCUT2D eigenvalue weighted by molar-refractivity contribution is 6.10. The van der Waals surface area contributed by atoms with E-state index in [1.54, 1.807) is 0 Å². The fourth-order valence-corrected chi connectivity index (χ4v) is 9.91. The van der Waals surface area contributed by atoms with Gasteiger partial charge in [0.15, 0.2) is 5.58 Å². The molecular formula is C55H36N2O. The predicted octanol–water partition coefficient (Wildman–Crippen LogP) is 14.9. The highest BCUT2D eigenvalue weighted by Gasteiger charge is 2.52. The number of hydrogen-bond acceptors (Lipinski definition) is 3. The number of fused-ring (bicyclic) bond motifs is 13. The summed E-state index contributed by atoms with van der Waals surface area (Å²) in [5.74, 6) is 0. The van der Waals surface area contributed by atoms with E-state index in [2.05, 4.69) is 222 Å². The van der Waals surface area contributed by atoms with Crippen molar-refractivity contribution < 1.29 is 4.42 Å². The van der Waals surface area contributed by atoms with Gasteiger partial charge in [0.1, 0.15) is 5.58 Å². The fraction of sp³-hybridized carbons (Fsp3) is 0.0182. The molecule has 1 unspecified atom stereocenters. The minimum absolute atomic E-state index is 0.523. The topological polar surface area (TPSA) is 19.6 Å². The lowest BCUT2D eigenvalue weighted by Gasteiger charge is -2.32. The maximum Gasteiger partial charge on any atom is 0.159 e. The Kier molecular flexibility index (Phi) is 7.14. The molecule has 10 aromatic rings. The SMILES string of the molecule is c1ccc(N(c2ccccc2)c2ccc3c(c2)-c2ccccc2C32c3ccccc3-c3ccc(N(c4ccccc4)c4cccc5c4oc4ccccc45)cc32)cc1. The van der Waals surface area contributed by atoms with Crippen molar-refractivity contribution in [3.63, 3.8) is 0 Å². The van der Waals surface area contributed by atoms with E-state index in [4.69, 9.17) is 4.42 Å². The van der Waals surface area contributed by atoms with Crippen LogP contribution in [0.4, 0.5) is 34.1 Å². The van der Waals surface area contributed by atoms with Gasteiger partial charge < -0.3 is 14.2 Å². The van der Waals surface area contributed by atoms with Gasteiger partial charge in [0.05, 0.1) is 11.1 Å². The summed E-state index contributed by atoms with van der Waals surface area (Å²) in [4.78, 5) is 4.73. The fourth-order valence-electron chi connectivity index (χ4n) is 9.91. The Morgan fingerprint density at radius 3 is 1.50 bits per heavy atom. The van der Waals surface area contributed by atoms with Crippen LogP contribution in [-0.4, -0.2) is 0 Å². The molecule has 1 aromatic heterocycles. The second kappa shape index (κ2) is 12.7. The van der Waals surface area contributed by atoms with Gasteiger partial charge in [-0.2, -0.15) is 0 Å². The molecule has 1 heterocycles. The third kappa shape index (κ3) is 4.62. The van der Waals surface area contributed by atoms with E-state index in [1.165, 1.54) is 44.5 Å². The minimum Gasteiger partial charge on any atom is -0.454 e.